The van der Waals surface area contributed by atoms with E-state index in [1.54, 1.807) is 0 Å². The number of carbonyl (C=O) groups excluding carboxylic acids is 2. The molecule has 19 heavy (non-hydrogen) atoms. The van der Waals surface area contributed by atoms with Gasteiger partial charge in [-0.3, -0.25) is 14.5 Å². The number of carbonyl (C=O) groups is 2. The highest BCUT2D eigenvalue weighted by Crippen LogP contribution is 2.24. The molecule has 5 nitrogen and oxygen atoms in total. The summed E-state index contributed by atoms with van der Waals surface area (Å²) in [5, 5.41) is 12.6. The van der Waals surface area contributed by atoms with Crippen LogP contribution in [-0.4, -0.2) is 35.8 Å². The molecule has 2 fully saturated rings. The molecular weight excluding hydrogens is 242 g/mol. The third-order valence-electron chi connectivity index (χ3n) is 4.25. The average Bonchev–Trinajstić information content (AvgIpc) is 2.64. The van der Waals surface area contributed by atoms with Crippen LogP contribution in [0.3, 0.4) is 0 Å². The quantitative estimate of drug-likeness (QED) is 0.600. The minimum absolute atomic E-state index is 0.0155. The molecule has 1 heterocycles. The summed E-state index contributed by atoms with van der Waals surface area (Å²) in [5.74, 6) is -0.281. The van der Waals surface area contributed by atoms with Crippen LogP contribution in [0.1, 0.15) is 44.9 Å². The number of nitrogens with one attached hydrogen (secondary N) is 1. The lowest BCUT2D eigenvalue weighted by atomic mass is 9.94. The van der Waals surface area contributed by atoms with E-state index >= 15 is 0 Å². The van der Waals surface area contributed by atoms with E-state index in [-0.39, 0.29) is 29.8 Å². The molecule has 0 aromatic carbocycles. The number of hydrogen-bond acceptors (Lipinski definition) is 4. The predicted octanol–water partition coefficient (Wildman–Crippen LogP) is 1.20. The normalized spacial score (nSPS) is 32.8. The Hall–Kier alpha value is -1.41. The zero-order valence-electron chi connectivity index (χ0n) is 11.4. The second kappa shape index (κ2) is 6.16. The minimum Gasteiger partial charge on any atom is -0.302 e. The van der Waals surface area contributed by atoms with Crippen molar-refractivity contribution >= 4 is 11.8 Å². The summed E-state index contributed by atoms with van der Waals surface area (Å²) in [6, 6.07) is 2.15. The molecule has 1 saturated heterocycles. The molecule has 1 saturated carbocycles. The molecule has 0 aromatic heterocycles. The Labute approximate surface area is 113 Å². The van der Waals surface area contributed by atoms with Gasteiger partial charge in [-0.25, -0.2) is 0 Å². The van der Waals surface area contributed by atoms with Crippen LogP contribution in [0, 0.1) is 17.2 Å². The van der Waals surface area contributed by atoms with Crippen molar-refractivity contribution in [3.8, 4) is 6.07 Å². The van der Waals surface area contributed by atoms with Gasteiger partial charge in [0, 0.05) is 19.5 Å². The minimum atomic E-state index is -0.304. The number of amides is 2. The molecule has 2 rings (SSSR count). The van der Waals surface area contributed by atoms with E-state index < -0.39 is 0 Å². The number of imide groups is 1. The van der Waals surface area contributed by atoms with Gasteiger partial charge in [-0.15, -0.1) is 0 Å². The van der Waals surface area contributed by atoms with Crippen molar-refractivity contribution in [2.75, 3.05) is 7.05 Å². The fourth-order valence-electron chi connectivity index (χ4n) is 2.99. The lowest BCUT2D eigenvalue weighted by molar-refractivity contribution is -0.148. The molecule has 1 N–H and O–H groups in total. The number of likely N-dealkylation sites (N-methyl/N-ethyl adjacent to an activating group) is 1. The molecule has 104 valence electrons. The molecule has 2 aliphatic rings. The molecule has 0 aromatic rings. The molecule has 0 radical (unpaired) electrons. The second-order valence-corrected chi connectivity index (χ2v) is 5.53. The number of hydrogen-bond donors (Lipinski definition) is 1. The standard InChI is InChI=1S/C14H21N3O2/c1-17-13(18)8-7-12(14(17)19)16-11-6-4-2-3-5-10(11)9-15/h10-12,16H,2-8H2,1H3. The highest BCUT2D eigenvalue weighted by molar-refractivity contribution is 6.00. The van der Waals surface area contributed by atoms with Crippen molar-refractivity contribution in [3.63, 3.8) is 0 Å². The molecule has 0 bridgehead atoms. The van der Waals surface area contributed by atoms with Crippen LogP contribution < -0.4 is 5.32 Å². The lowest BCUT2D eigenvalue weighted by Gasteiger charge is -2.32. The van der Waals surface area contributed by atoms with Crippen LogP contribution in [0.4, 0.5) is 0 Å². The van der Waals surface area contributed by atoms with Crippen molar-refractivity contribution in [2.45, 2.75) is 57.0 Å². The van der Waals surface area contributed by atoms with Crippen LogP contribution >= 0.6 is 0 Å². The number of rotatable bonds is 2. The molecular formula is C14H21N3O2. The van der Waals surface area contributed by atoms with Gasteiger partial charge in [0.2, 0.25) is 11.8 Å². The predicted molar refractivity (Wildman–Crippen MR) is 69.9 cm³/mol. The van der Waals surface area contributed by atoms with Crippen LogP contribution in [0.5, 0.6) is 0 Å². The van der Waals surface area contributed by atoms with E-state index in [1.807, 2.05) is 0 Å². The van der Waals surface area contributed by atoms with E-state index in [4.69, 9.17) is 0 Å². The molecule has 5 heteroatoms. The SMILES string of the molecule is CN1C(=O)CCC(NC2CCCCCC2C#N)C1=O. The van der Waals surface area contributed by atoms with Gasteiger partial charge in [-0.1, -0.05) is 19.3 Å². The monoisotopic (exact) mass is 263 g/mol. The van der Waals surface area contributed by atoms with Gasteiger partial charge >= 0.3 is 0 Å². The maximum atomic E-state index is 12.1. The van der Waals surface area contributed by atoms with E-state index in [9.17, 15) is 14.9 Å². The van der Waals surface area contributed by atoms with Crippen molar-refractivity contribution in [2.24, 2.45) is 5.92 Å². The topological polar surface area (TPSA) is 73.2 Å². The molecule has 0 spiro atoms. The third-order valence-corrected chi connectivity index (χ3v) is 4.25. The summed E-state index contributed by atoms with van der Waals surface area (Å²) in [7, 11) is 1.54. The second-order valence-electron chi connectivity index (χ2n) is 5.53. The maximum absolute atomic E-state index is 12.1. The van der Waals surface area contributed by atoms with E-state index in [1.165, 1.54) is 11.9 Å². The maximum Gasteiger partial charge on any atom is 0.246 e. The summed E-state index contributed by atoms with van der Waals surface area (Å²) in [4.78, 5) is 24.7. The van der Waals surface area contributed by atoms with Gasteiger partial charge in [0.05, 0.1) is 18.0 Å². The van der Waals surface area contributed by atoms with Crippen molar-refractivity contribution in [1.29, 1.82) is 5.26 Å². The fourth-order valence-corrected chi connectivity index (χ4v) is 2.99. The lowest BCUT2D eigenvalue weighted by Crippen LogP contribution is -2.55. The van der Waals surface area contributed by atoms with Crippen molar-refractivity contribution in [3.05, 3.63) is 0 Å². The Balaban J connectivity index is 2.01. The third kappa shape index (κ3) is 3.13. The summed E-state index contributed by atoms with van der Waals surface area (Å²) < 4.78 is 0. The Bertz CT molecular complexity index is 402. The first kappa shape index (κ1) is 14.0. The van der Waals surface area contributed by atoms with Crippen LogP contribution in [-0.2, 0) is 9.59 Å². The highest BCUT2D eigenvalue weighted by Gasteiger charge is 2.34. The number of nitrogens with zero attached hydrogens (tertiary/aromatic N) is 2. The zero-order valence-corrected chi connectivity index (χ0v) is 11.4. The zero-order chi connectivity index (χ0) is 13.8. The average molecular weight is 263 g/mol. The van der Waals surface area contributed by atoms with Gasteiger partial charge < -0.3 is 5.32 Å². The van der Waals surface area contributed by atoms with E-state index in [0.29, 0.717) is 12.8 Å². The van der Waals surface area contributed by atoms with E-state index in [2.05, 4.69) is 11.4 Å². The molecule has 1 aliphatic heterocycles. The van der Waals surface area contributed by atoms with Gasteiger partial charge in [0.25, 0.3) is 0 Å². The van der Waals surface area contributed by atoms with Gasteiger partial charge in [-0.2, -0.15) is 5.26 Å². The molecule has 3 unspecified atom stereocenters. The van der Waals surface area contributed by atoms with E-state index in [0.717, 1.165) is 32.1 Å². The van der Waals surface area contributed by atoms with Crippen LogP contribution in [0.25, 0.3) is 0 Å². The number of likely N-dealkylation sites (tertiary alicyclic amines) is 1. The largest absolute Gasteiger partial charge is 0.302 e. The smallest absolute Gasteiger partial charge is 0.246 e. The van der Waals surface area contributed by atoms with Gasteiger partial charge in [0.1, 0.15) is 0 Å². The first-order chi connectivity index (χ1) is 9.13. The summed E-state index contributed by atoms with van der Waals surface area (Å²) >= 11 is 0. The van der Waals surface area contributed by atoms with Crippen molar-refractivity contribution < 1.29 is 9.59 Å². The van der Waals surface area contributed by atoms with Crippen LogP contribution in [0.15, 0.2) is 0 Å². The molecule has 3 atom stereocenters. The Morgan fingerprint density at radius 1 is 1.21 bits per heavy atom. The number of nitriles is 1. The molecule has 1 aliphatic carbocycles. The van der Waals surface area contributed by atoms with Gasteiger partial charge in [0.15, 0.2) is 0 Å². The summed E-state index contributed by atoms with van der Waals surface area (Å²) in [6.07, 6.45) is 6.16. The Morgan fingerprint density at radius 3 is 2.68 bits per heavy atom. The first-order valence-corrected chi connectivity index (χ1v) is 7.09. The van der Waals surface area contributed by atoms with Crippen molar-refractivity contribution in [1.82, 2.24) is 10.2 Å². The Kier molecular flexibility index (Phi) is 4.54. The number of piperidine rings is 1. The molecule has 2 amide bonds. The van der Waals surface area contributed by atoms with Crippen LogP contribution in [0.2, 0.25) is 0 Å². The first-order valence-electron chi connectivity index (χ1n) is 7.09. The Morgan fingerprint density at radius 2 is 1.95 bits per heavy atom. The fraction of sp³-hybridized carbons (Fsp3) is 0.786. The summed E-state index contributed by atoms with van der Waals surface area (Å²) in [5.41, 5.74) is 0. The highest BCUT2D eigenvalue weighted by atomic mass is 16.2. The van der Waals surface area contributed by atoms with Gasteiger partial charge in [-0.05, 0) is 19.3 Å². The summed E-state index contributed by atoms with van der Waals surface area (Å²) in [6.45, 7) is 0.